The number of aromatic nitrogens is 2. The van der Waals surface area contributed by atoms with Gasteiger partial charge in [0.25, 0.3) is 0 Å². The highest BCUT2D eigenvalue weighted by atomic mass is 79.9. The van der Waals surface area contributed by atoms with Gasteiger partial charge in [-0.1, -0.05) is 0 Å². The summed E-state index contributed by atoms with van der Waals surface area (Å²) in [6.45, 7) is 3.02. The average Bonchev–Trinajstić information content (AvgIpc) is 2.40. The van der Waals surface area contributed by atoms with Crippen molar-refractivity contribution in [3.05, 3.63) is 16.9 Å². The van der Waals surface area contributed by atoms with Crippen LogP contribution in [0.5, 0.6) is 0 Å². The molecule has 0 bridgehead atoms. The first-order valence-electron chi connectivity index (χ1n) is 6.13. The highest BCUT2D eigenvalue weighted by molar-refractivity contribution is 9.10. The number of nitrogens with zero attached hydrogens (tertiary/aromatic N) is 3. The maximum atomic E-state index is 11.9. The summed E-state index contributed by atoms with van der Waals surface area (Å²) in [6, 6.07) is -0.250. The zero-order valence-corrected chi connectivity index (χ0v) is 11.9. The van der Waals surface area contributed by atoms with Gasteiger partial charge in [-0.2, -0.15) is 0 Å². The van der Waals surface area contributed by atoms with Crippen LogP contribution in [-0.2, 0) is 9.53 Å². The molecule has 1 fully saturated rings. The van der Waals surface area contributed by atoms with Crippen LogP contribution in [0.4, 0.5) is 5.95 Å². The number of ether oxygens (including phenoxy) is 1. The van der Waals surface area contributed by atoms with Crippen LogP contribution in [0, 0.1) is 0 Å². The highest BCUT2D eigenvalue weighted by Gasteiger charge is 2.31. The van der Waals surface area contributed by atoms with Gasteiger partial charge in [0.15, 0.2) is 0 Å². The lowest BCUT2D eigenvalue weighted by Gasteiger charge is -2.33. The zero-order valence-electron chi connectivity index (χ0n) is 10.3. The first-order chi connectivity index (χ1) is 8.72. The third-order valence-corrected chi connectivity index (χ3v) is 3.33. The zero-order chi connectivity index (χ0) is 13.0. The lowest BCUT2D eigenvalue weighted by Crippen LogP contribution is -2.46. The molecule has 0 aromatic carbocycles. The summed E-state index contributed by atoms with van der Waals surface area (Å²) in [5.41, 5.74) is 0. The number of carbonyl (C=O) groups is 1. The van der Waals surface area contributed by atoms with Crippen LogP contribution in [-0.4, -0.2) is 35.1 Å². The monoisotopic (exact) mass is 313 g/mol. The van der Waals surface area contributed by atoms with Gasteiger partial charge in [0.2, 0.25) is 5.95 Å². The number of hydrogen-bond donors (Lipinski definition) is 0. The summed E-state index contributed by atoms with van der Waals surface area (Å²) in [6.07, 6.45) is 6.28. The molecule has 18 heavy (non-hydrogen) atoms. The van der Waals surface area contributed by atoms with Crippen molar-refractivity contribution in [2.24, 2.45) is 0 Å². The van der Waals surface area contributed by atoms with Gasteiger partial charge in [-0.3, -0.25) is 0 Å². The van der Waals surface area contributed by atoms with Crippen molar-refractivity contribution in [2.45, 2.75) is 32.2 Å². The van der Waals surface area contributed by atoms with Crippen molar-refractivity contribution in [1.29, 1.82) is 0 Å². The van der Waals surface area contributed by atoms with E-state index in [9.17, 15) is 4.79 Å². The molecule has 1 aromatic heterocycles. The van der Waals surface area contributed by atoms with E-state index in [1.807, 2.05) is 11.8 Å². The van der Waals surface area contributed by atoms with E-state index in [1.54, 1.807) is 12.4 Å². The lowest BCUT2D eigenvalue weighted by molar-refractivity contribution is -0.145. The second kappa shape index (κ2) is 6.13. The molecule has 2 rings (SSSR count). The maximum absolute atomic E-state index is 11.9. The average molecular weight is 314 g/mol. The van der Waals surface area contributed by atoms with Crippen LogP contribution in [0.2, 0.25) is 0 Å². The van der Waals surface area contributed by atoms with Crippen LogP contribution < -0.4 is 4.90 Å². The van der Waals surface area contributed by atoms with Crippen molar-refractivity contribution in [3.8, 4) is 0 Å². The van der Waals surface area contributed by atoms with E-state index in [-0.39, 0.29) is 12.0 Å². The fourth-order valence-corrected chi connectivity index (χ4v) is 2.31. The molecule has 6 heteroatoms. The molecule has 0 spiro atoms. The van der Waals surface area contributed by atoms with E-state index < -0.39 is 0 Å². The molecule has 1 unspecified atom stereocenters. The van der Waals surface area contributed by atoms with Crippen LogP contribution in [0.25, 0.3) is 0 Å². The molecular weight excluding hydrogens is 298 g/mol. The minimum atomic E-state index is -0.250. The third kappa shape index (κ3) is 2.98. The second-order valence-corrected chi connectivity index (χ2v) is 5.07. The van der Waals surface area contributed by atoms with Gasteiger partial charge in [-0.05, 0) is 42.1 Å². The summed E-state index contributed by atoms with van der Waals surface area (Å²) >= 11 is 3.30. The smallest absolute Gasteiger partial charge is 0.328 e. The molecule has 0 saturated carbocycles. The Morgan fingerprint density at radius 3 is 2.89 bits per heavy atom. The molecule has 1 aliphatic rings. The normalized spacial score (nSPS) is 19.7. The molecule has 1 aliphatic heterocycles. The molecule has 5 nitrogen and oxygen atoms in total. The van der Waals surface area contributed by atoms with E-state index in [0.717, 1.165) is 30.3 Å². The number of anilines is 1. The van der Waals surface area contributed by atoms with Gasteiger partial charge in [-0.25, -0.2) is 14.8 Å². The van der Waals surface area contributed by atoms with Crippen molar-refractivity contribution in [3.63, 3.8) is 0 Å². The van der Waals surface area contributed by atoms with E-state index in [2.05, 4.69) is 25.9 Å². The Morgan fingerprint density at radius 1 is 1.50 bits per heavy atom. The Hall–Kier alpha value is -1.17. The van der Waals surface area contributed by atoms with Crippen LogP contribution in [0.15, 0.2) is 16.9 Å². The topological polar surface area (TPSA) is 55.3 Å². The Kier molecular flexibility index (Phi) is 4.52. The number of hydrogen-bond acceptors (Lipinski definition) is 5. The van der Waals surface area contributed by atoms with Gasteiger partial charge in [0.05, 0.1) is 11.1 Å². The summed E-state index contributed by atoms with van der Waals surface area (Å²) in [5, 5.41) is 0. The van der Waals surface area contributed by atoms with Gasteiger partial charge in [0.1, 0.15) is 6.04 Å². The van der Waals surface area contributed by atoms with Gasteiger partial charge in [0, 0.05) is 18.9 Å². The van der Waals surface area contributed by atoms with Crippen molar-refractivity contribution in [1.82, 2.24) is 9.97 Å². The Labute approximate surface area is 115 Å². The quantitative estimate of drug-likeness (QED) is 0.800. The Bertz CT molecular complexity index is 410. The predicted molar refractivity (Wildman–Crippen MR) is 71.4 cm³/mol. The Morgan fingerprint density at radius 2 is 2.22 bits per heavy atom. The summed E-state index contributed by atoms with van der Waals surface area (Å²) in [7, 11) is 0. The number of halogens is 1. The van der Waals surface area contributed by atoms with Crippen molar-refractivity contribution < 1.29 is 9.53 Å². The lowest BCUT2D eigenvalue weighted by atomic mass is 10.0. The van der Waals surface area contributed by atoms with Crippen LogP contribution in [0.3, 0.4) is 0 Å². The largest absolute Gasteiger partial charge is 0.464 e. The Balaban J connectivity index is 2.17. The molecule has 1 atom stereocenters. The highest BCUT2D eigenvalue weighted by Crippen LogP contribution is 2.23. The first-order valence-corrected chi connectivity index (χ1v) is 6.92. The molecule has 2 heterocycles. The molecule has 98 valence electrons. The molecule has 1 aromatic rings. The standard InChI is InChI=1S/C12H16BrN3O2/c1-2-18-11(17)10-5-3-4-6-16(10)12-14-7-9(13)8-15-12/h7-8,10H,2-6H2,1H3. The van der Waals surface area contributed by atoms with Crippen LogP contribution >= 0.6 is 15.9 Å². The van der Waals surface area contributed by atoms with E-state index in [4.69, 9.17) is 4.74 Å². The van der Waals surface area contributed by atoms with Gasteiger partial charge >= 0.3 is 5.97 Å². The summed E-state index contributed by atoms with van der Waals surface area (Å²) in [4.78, 5) is 22.4. The molecule has 0 radical (unpaired) electrons. The van der Waals surface area contributed by atoms with Gasteiger partial charge < -0.3 is 9.64 Å². The fourth-order valence-electron chi connectivity index (χ4n) is 2.11. The number of piperidine rings is 1. The molecule has 0 N–H and O–H groups in total. The molecule has 0 amide bonds. The second-order valence-electron chi connectivity index (χ2n) is 4.16. The van der Waals surface area contributed by atoms with E-state index in [1.165, 1.54) is 0 Å². The molecule has 0 aliphatic carbocycles. The first kappa shape index (κ1) is 13.3. The summed E-state index contributed by atoms with van der Waals surface area (Å²) in [5.74, 6) is 0.416. The fraction of sp³-hybridized carbons (Fsp3) is 0.583. The number of rotatable bonds is 3. The third-order valence-electron chi connectivity index (χ3n) is 2.93. The van der Waals surface area contributed by atoms with Crippen molar-refractivity contribution in [2.75, 3.05) is 18.1 Å². The van der Waals surface area contributed by atoms with Crippen molar-refractivity contribution >= 4 is 27.8 Å². The minimum absolute atomic E-state index is 0.177. The van der Waals surface area contributed by atoms with Gasteiger partial charge in [-0.15, -0.1) is 0 Å². The van der Waals surface area contributed by atoms with E-state index in [0.29, 0.717) is 12.6 Å². The van der Waals surface area contributed by atoms with Crippen LogP contribution in [0.1, 0.15) is 26.2 Å². The molecular formula is C12H16BrN3O2. The summed E-state index contributed by atoms with van der Waals surface area (Å²) < 4.78 is 5.94. The predicted octanol–water partition coefficient (Wildman–Crippen LogP) is 2.16. The SMILES string of the molecule is CCOC(=O)C1CCCCN1c1ncc(Br)cn1. The van der Waals surface area contributed by atoms with E-state index >= 15 is 0 Å². The number of carbonyl (C=O) groups excluding carboxylic acids is 1. The minimum Gasteiger partial charge on any atom is -0.464 e. The number of esters is 1. The molecule has 1 saturated heterocycles. The maximum Gasteiger partial charge on any atom is 0.328 e.